The summed E-state index contributed by atoms with van der Waals surface area (Å²) in [5, 5.41) is 12.8. The van der Waals surface area contributed by atoms with Crippen molar-refractivity contribution in [3.63, 3.8) is 0 Å². The molecule has 6 heteroatoms. The zero-order valence-electron chi connectivity index (χ0n) is 15.9. The van der Waals surface area contributed by atoms with Crippen molar-refractivity contribution in [2.75, 3.05) is 19.7 Å². The highest BCUT2D eigenvalue weighted by Gasteiger charge is 2.34. The van der Waals surface area contributed by atoms with E-state index in [1.54, 1.807) is 0 Å². The molecule has 0 bridgehead atoms. The molecule has 2 aliphatic rings. The summed E-state index contributed by atoms with van der Waals surface area (Å²) in [5.41, 5.74) is 2.19. The minimum absolute atomic E-state index is 0.0536. The fourth-order valence-corrected chi connectivity index (χ4v) is 3.87. The van der Waals surface area contributed by atoms with Crippen molar-refractivity contribution in [3.8, 4) is 5.75 Å². The van der Waals surface area contributed by atoms with Crippen LogP contribution in [0.3, 0.4) is 0 Å². The van der Waals surface area contributed by atoms with Crippen molar-refractivity contribution >= 4 is 6.08 Å². The van der Waals surface area contributed by atoms with Crippen molar-refractivity contribution in [2.45, 2.75) is 51.6 Å². The lowest BCUT2D eigenvalue weighted by Crippen LogP contribution is -2.39. The molecule has 3 heterocycles. The van der Waals surface area contributed by atoms with E-state index in [1.807, 2.05) is 16.8 Å². The van der Waals surface area contributed by atoms with Gasteiger partial charge in [0.2, 0.25) is 0 Å². The van der Waals surface area contributed by atoms with Gasteiger partial charge in [0.05, 0.1) is 11.6 Å². The van der Waals surface area contributed by atoms with Gasteiger partial charge in [-0.15, -0.1) is 5.10 Å². The fraction of sp³-hybridized carbons (Fsp3) is 0.550. The number of hydrogen-bond acceptors (Lipinski definition) is 5. The molecule has 2 aromatic rings. The smallest absolute Gasteiger partial charge is 0.173 e. The maximum atomic E-state index is 6.06. The van der Waals surface area contributed by atoms with Gasteiger partial charge >= 0.3 is 0 Å². The minimum Gasteiger partial charge on any atom is -0.489 e. The number of tetrazole rings is 1. The predicted molar refractivity (Wildman–Crippen MR) is 101 cm³/mol. The Morgan fingerprint density at radius 1 is 1.08 bits per heavy atom. The van der Waals surface area contributed by atoms with Crippen LogP contribution in [0.5, 0.6) is 5.75 Å². The van der Waals surface area contributed by atoms with Crippen molar-refractivity contribution in [1.29, 1.82) is 0 Å². The molecule has 6 nitrogen and oxygen atoms in total. The first-order valence-corrected chi connectivity index (χ1v) is 9.49. The first kappa shape index (κ1) is 17.2. The number of ether oxygens (including phenoxy) is 1. The average Bonchev–Trinajstić information content (AvgIpc) is 3.13. The van der Waals surface area contributed by atoms with Crippen LogP contribution in [0.4, 0.5) is 0 Å². The zero-order valence-corrected chi connectivity index (χ0v) is 15.9. The van der Waals surface area contributed by atoms with Crippen LogP contribution in [0.2, 0.25) is 0 Å². The van der Waals surface area contributed by atoms with Gasteiger partial charge in [-0.25, -0.2) is 4.68 Å². The monoisotopic (exact) mass is 353 g/mol. The SMILES string of the molecule is CC(C)(C)n1nnnc1C(C1=Cc2ccccc2OC1)N1CCCCC1. The van der Waals surface area contributed by atoms with E-state index in [2.05, 4.69) is 59.4 Å². The molecular formula is C20H27N5O. The molecule has 0 N–H and O–H groups in total. The summed E-state index contributed by atoms with van der Waals surface area (Å²) in [7, 11) is 0. The Balaban J connectivity index is 1.78. The number of fused-ring (bicyclic) bond motifs is 1. The van der Waals surface area contributed by atoms with Gasteiger partial charge in [-0.2, -0.15) is 0 Å². The van der Waals surface area contributed by atoms with Crippen molar-refractivity contribution < 1.29 is 4.74 Å². The third-order valence-corrected chi connectivity index (χ3v) is 5.13. The molecule has 0 radical (unpaired) electrons. The first-order chi connectivity index (χ1) is 12.5. The van der Waals surface area contributed by atoms with Gasteiger partial charge in [0.25, 0.3) is 0 Å². The summed E-state index contributed by atoms with van der Waals surface area (Å²) in [5.74, 6) is 1.86. The van der Waals surface area contributed by atoms with Crippen LogP contribution in [-0.4, -0.2) is 44.8 Å². The Bertz CT molecular complexity index is 799. The molecule has 0 saturated carbocycles. The summed E-state index contributed by atoms with van der Waals surface area (Å²) < 4.78 is 8.02. The summed E-state index contributed by atoms with van der Waals surface area (Å²) in [6, 6.07) is 8.25. The lowest BCUT2D eigenvalue weighted by atomic mass is 9.96. The molecule has 1 fully saturated rings. The average molecular weight is 353 g/mol. The van der Waals surface area contributed by atoms with Crippen LogP contribution in [0, 0.1) is 0 Å². The summed E-state index contributed by atoms with van der Waals surface area (Å²) in [6.07, 6.45) is 6.00. The number of para-hydroxylation sites is 1. The number of hydrogen-bond donors (Lipinski definition) is 0. The number of aromatic nitrogens is 4. The van der Waals surface area contributed by atoms with E-state index in [9.17, 15) is 0 Å². The molecule has 0 spiro atoms. The number of benzene rings is 1. The van der Waals surface area contributed by atoms with E-state index in [0.29, 0.717) is 6.61 Å². The second kappa shape index (κ2) is 6.83. The zero-order chi connectivity index (χ0) is 18.1. The van der Waals surface area contributed by atoms with Crippen molar-refractivity contribution in [3.05, 3.63) is 41.2 Å². The van der Waals surface area contributed by atoms with Crippen molar-refractivity contribution in [1.82, 2.24) is 25.1 Å². The maximum absolute atomic E-state index is 6.06. The third kappa shape index (κ3) is 3.26. The topological polar surface area (TPSA) is 56.1 Å². The third-order valence-electron chi connectivity index (χ3n) is 5.13. The number of piperidine rings is 1. The van der Waals surface area contributed by atoms with Gasteiger partial charge in [-0.3, -0.25) is 4.90 Å². The molecule has 1 unspecified atom stereocenters. The van der Waals surface area contributed by atoms with E-state index in [0.717, 1.165) is 30.2 Å². The van der Waals surface area contributed by atoms with Crippen molar-refractivity contribution in [2.24, 2.45) is 0 Å². The maximum Gasteiger partial charge on any atom is 0.173 e. The Kier molecular flexibility index (Phi) is 4.53. The number of rotatable bonds is 3. The first-order valence-electron chi connectivity index (χ1n) is 9.49. The Labute approximate surface area is 154 Å². The van der Waals surface area contributed by atoms with Gasteiger partial charge in [-0.05, 0) is 74.8 Å². The lowest BCUT2D eigenvalue weighted by Gasteiger charge is -2.37. The van der Waals surface area contributed by atoms with Gasteiger partial charge in [-0.1, -0.05) is 24.6 Å². The molecular weight excluding hydrogens is 326 g/mol. The summed E-state index contributed by atoms with van der Waals surface area (Å²) in [6.45, 7) is 9.14. The number of likely N-dealkylation sites (tertiary alicyclic amines) is 1. The van der Waals surface area contributed by atoms with Gasteiger partial charge in [0.15, 0.2) is 5.82 Å². The van der Waals surface area contributed by atoms with Gasteiger partial charge in [0, 0.05) is 5.56 Å². The molecule has 0 amide bonds. The molecule has 1 aromatic heterocycles. The van der Waals surface area contributed by atoms with Crippen LogP contribution in [0.25, 0.3) is 6.08 Å². The highest BCUT2D eigenvalue weighted by atomic mass is 16.5. The van der Waals surface area contributed by atoms with Crippen LogP contribution in [-0.2, 0) is 5.54 Å². The van der Waals surface area contributed by atoms with E-state index >= 15 is 0 Å². The van der Waals surface area contributed by atoms with E-state index in [-0.39, 0.29) is 11.6 Å². The van der Waals surface area contributed by atoms with Gasteiger partial charge in [0.1, 0.15) is 12.4 Å². The fourth-order valence-electron chi connectivity index (χ4n) is 3.87. The molecule has 2 aliphatic heterocycles. The molecule has 1 saturated heterocycles. The molecule has 0 aliphatic carbocycles. The van der Waals surface area contributed by atoms with Crippen LogP contribution < -0.4 is 4.74 Å². The highest BCUT2D eigenvalue weighted by molar-refractivity contribution is 5.63. The molecule has 1 aromatic carbocycles. The summed E-state index contributed by atoms with van der Waals surface area (Å²) in [4.78, 5) is 2.51. The Morgan fingerprint density at radius 3 is 2.62 bits per heavy atom. The summed E-state index contributed by atoms with van der Waals surface area (Å²) >= 11 is 0. The molecule has 26 heavy (non-hydrogen) atoms. The predicted octanol–water partition coefficient (Wildman–Crippen LogP) is 3.43. The van der Waals surface area contributed by atoms with Crippen LogP contribution in [0.1, 0.15) is 57.5 Å². The largest absolute Gasteiger partial charge is 0.489 e. The standard InChI is InChI=1S/C20H27N5O/c1-20(2,3)25-19(21-22-23-25)18(24-11-7-4-8-12-24)16-13-15-9-5-6-10-17(15)26-14-16/h5-6,9-10,13,18H,4,7-8,11-12,14H2,1-3H3. The highest BCUT2D eigenvalue weighted by Crippen LogP contribution is 2.36. The quantitative estimate of drug-likeness (QED) is 0.846. The Morgan fingerprint density at radius 2 is 1.85 bits per heavy atom. The van der Waals surface area contributed by atoms with E-state index in [1.165, 1.54) is 24.8 Å². The van der Waals surface area contributed by atoms with Crippen LogP contribution in [0.15, 0.2) is 29.8 Å². The Hall–Kier alpha value is -2.21. The minimum atomic E-state index is -0.166. The van der Waals surface area contributed by atoms with E-state index < -0.39 is 0 Å². The molecule has 1 atom stereocenters. The molecule has 4 rings (SSSR count). The molecule has 138 valence electrons. The second-order valence-electron chi connectivity index (χ2n) is 8.16. The van der Waals surface area contributed by atoms with Crippen LogP contribution >= 0.6 is 0 Å². The number of nitrogens with zero attached hydrogens (tertiary/aromatic N) is 5. The lowest BCUT2D eigenvalue weighted by molar-refractivity contribution is 0.158. The normalized spacial score (nSPS) is 19.4. The second-order valence-corrected chi connectivity index (χ2v) is 8.16. The van der Waals surface area contributed by atoms with E-state index in [4.69, 9.17) is 4.74 Å². The van der Waals surface area contributed by atoms with Gasteiger partial charge < -0.3 is 4.74 Å².